The van der Waals surface area contributed by atoms with E-state index < -0.39 is 0 Å². The molecule has 1 aromatic heterocycles. The maximum absolute atomic E-state index is 12.3. The number of amides is 1. The zero-order valence-corrected chi connectivity index (χ0v) is 13.4. The lowest BCUT2D eigenvalue weighted by molar-refractivity contribution is -0.116. The Morgan fingerprint density at radius 3 is 2.95 bits per heavy atom. The number of hydrogen-bond acceptors (Lipinski definition) is 6. The van der Waals surface area contributed by atoms with Gasteiger partial charge >= 0.3 is 0 Å². The van der Waals surface area contributed by atoms with Gasteiger partial charge in [0.1, 0.15) is 0 Å². The SMILES string of the molecule is CSc1nnc(SCC(=O)N2CCc3ccccc32)s1. The van der Waals surface area contributed by atoms with Crippen LogP contribution in [0, 0.1) is 0 Å². The van der Waals surface area contributed by atoms with Gasteiger partial charge in [0, 0.05) is 12.2 Å². The minimum atomic E-state index is 0.140. The van der Waals surface area contributed by atoms with Gasteiger partial charge in [-0.15, -0.1) is 10.2 Å². The van der Waals surface area contributed by atoms with Crippen LogP contribution in [0.1, 0.15) is 5.56 Å². The largest absolute Gasteiger partial charge is 0.311 e. The Morgan fingerprint density at radius 1 is 1.35 bits per heavy atom. The molecular formula is C13H13N3OS3. The van der Waals surface area contributed by atoms with Crippen molar-refractivity contribution in [2.24, 2.45) is 0 Å². The smallest absolute Gasteiger partial charge is 0.237 e. The standard InChI is InChI=1S/C13H13N3OS3/c1-18-12-14-15-13(20-12)19-8-11(17)16-7-6-9-4-2-3-5-10(9)16/h2-5H,6-8H2,1H3. The number of para-hydroxylation sites is 1. The van der Waals surface area contributed by atoms with Gasteiger partial charge in [-0.25, -0.2) is 0 Å². The summed E-state index contributed by atoms with van der Waals surface area (Å²) in [6.45, 7) is 0.783. The molecule has 20 heavy (non-hydrogen) atoms. The van der Waals surface area contributed by atoms with Crippen molar-refractivity contribution in [2.45, 2.75) is 15.1 Å². The van der Waals surface area contributed by atoms with Crippen LogP contribution in [0.4, 0.5) is 5.69 Å². The third-order valence-corrected chi connectivity index (χ3v) is 6.09. The predicted octanol–water partition coefficient (Wildman–Crippen LogP) is 2.94. The third-order valence-electron chi connectivity index (χ3n) is 3.07. The molecule has 0 spiro atoms. The van der Waals surface area contributed by atoms with Crippen LogP contribution in [0.5, 0.6) is 0 Å². The molecule has 1 aliphatic heterocycles. The van der Waals surface area contributed by atoms with E-state index in [0.29, 0.717) is 5.75 Å². The molecule has 0 bridgehead atoms. The van der Waals surface area contributed by atoms with Gasteiger partial charge in [0.05, 0.1) is 5.75 Å². The van der Waals surface area contributed by atoms with Crippen LogP contribution in [-0.2, 0) is 11.2 Å². The van der Waals surface area contributed by atoms with Crippen LogP contribution in [0.3, 0.4) is 0 Å². The molecular weight excluding hydrogens is 310 g/mol. The fourth-order valence-corrected chi connectivity index (χ4v) is 4.45. The Kier molecular flexibility index (Phi) is 4.28. The molecule has 0 saturated carbocycles. The number of hydrogen-bond donors (Lipinski definition) is 0. The Labute approximate surface area is 130 Å². The van der Waals surface area contributed by atoms with E-state index in [9.17, 15) is 4.79 Å². The number of aromatic nitrogens is 2. The Morgan fingerprint density at radius 2 is 2.15 bits per heavy atom. The number of fused-ring (bicyclic) bond motifs is 1. The molecule has 0 radical (unpaired) electrons. The minimum Gasteiger partial charge on any atom is -0.311 e. The fourth-order valence-electron chi connectivity index (χ4n) is 2.14. The topological polar surface area (TPSA) is 46.1 Å². The molecule has 0 unspecified atom stereocenters. The second kappa shape index (κ2) is 6.15. The summed E-state index contributed by atoms with van der Waals surface area (Å²) >= 11 is 4.58. The van der Waals surface area contributed by atoms with Crippen molar-refractivity contribution in [3.05, 3.63) is 29.8 Å². The molecule has 0 N–H and O–H groups in total. The van der Waals surface area contributed by atoms with E-state index in [1.807, 2.05) is 29.4 Å². The van der Waals surface area contributed by atoms with E-state index in [2.05, 4.69) is 16.3 Å². The zero-order valence-electron chi connectivity index (χ0n) is 10.9. The summed E-state index contributed by atoms with van der Waals surface area (Å²) in [4.78, 5) is 14.2. The van der Waals surface area contributed by atoms with Crippen LogP contribution in [0.25, 0.3) is 0 Å². The zero-order chi connectivity index (χ0) is 13.9. The second-order valence-electron chi connectivity index (χ2n) is 4.25. The highest BCUT2D eigenvalue weighted by atomic mass is 32.2. The van der Waals surface area contributed by atoms with Crippen molar-refractivity contribution >= 4 is 46.5 Å². The van der Waals surface area contributed by atoms with E-state index >= 15 is 0 Å². The number of carbonyl (C=O) groups excluding carboxylic acids is 1. The van der Waals surface area contributed by atoms with E-state index in [-0.39, 0.29) is 5.91 Å². The summed E-state index contributed by atoms with van der Waals surface area (Å²) in [5, 5.41) is 8.10. The quantitative estimate of drug-likeness (QED) is 0.810. The summed E-state index contributed by atoms with van der Waals surface area (Å²) in [5.41, 5.74) is 2.31. The van der Waals surface area contributed by atoms with Crippen LogP contribution in [0.15, 0.2) is 32.9 Å². The van der Waals surface area contributed by atoms with Crippen molar-refractivity contribution in [2.75, 3.05) is 23.5 Å². The van der Waals surface area contributed by atoms with Gasteiger partial charge in [0.2, 0.25) is 5.91 Å². The van der Waals surface area contributed by atoms with Crippen LogP contribution < -0.4 is 4.90 Å². The van der Waals surface area contributed by atoms with Crippen LogP contribution in [-0.4, -0.2) is 34.7 Å². The molecule has 0 saturated heterocycles. The van der Waals surface area contributed by atoms with Gasteiger partial charge in [0.15, 0.2) is 8.68 Å². The van der Waals surface area contributed by atoms with Gasteiger partial charge in [-0.3, -0.25) is 4.79 Å². The highest BCUT2D eigenvalue weighted by Crippen LogP contribution is 2.30. The van der Waals surface area contributed by atoms with Gasteiger partial charge < -0.3 is 4.90 Å². The van der Waals surface area contributed by atoms with E-state index in [1.54, 1.807) is 11.8 Å². The molecule has 3 rings (SSSR count). The first-order valence-electron chi connectivity index (χ1n) is 6.16. The maximum Gasteiger partial charge on any atom is 0.237 e. The molecule has 0 atom stereocenters. The fraction of sp³-hybridized carbons (Fsp3) is 0.308. The average molecular weight is 323 g/mol. The van der Waals surface area contributed by atoms with Crippen molar-refractivity contribution in [1.29, 1.82) is 0 Å². The minimum absolute atomic E-state index is 0.140. The summed E-state index contributed by atoms with van der Waals surface area (Å²) < 4.78 is 1.79. The number of rotatable bonds is 4. The molecule has 2 heterocycles. The number of anilines is 1. The molecule has 0 aliphatic carbocycles. The van der Waals surface area contributed by atoms with Gasteiger partial charge in [-0.1, -0.05) is 53.1 Å². The second-order valence-corrected chi connectivity index (χ2v) is 7.50. The molecule has 7 heteroatoms. The molecule has 1 amide bonds. The first-order valence-corrected chi connectivity index (χ1v) is 9.19. The molecule has 4 nitrogen and oxygen atoms in total. The highest BCUT2D eigenvalue weighted by molar-refractivity contribution is 8.03. The molecule has 0 fully saturated rings. The predicted molar refractivity (Wildman–Crippen MR) is 84.9 cm³/mol. The molecule has 104 valence electrons. The van der Waals surface area contributed by atoms with Crippen molar-refractivity contribution in [1.82, 2.24) is 10.2 Å². The first-order chi connectivity index (χ1) is 9.78. The lowest BCUT2D eigenvalue weighted by Crippen LogP contribution is -2.30. The summed E-state index contributed by atoms with van der Waals surface area (Å²) in [6, 6.07) is 8.10. The van der Waals surface area contributed by atoms with Gasteiger partial charge in [-0.05, 0) is 24.3 Å². The van der Waals surface area contributed by atoms with Crippen molar-refractivity contribution in [3.63, 3.8) is 0 Å². The van der Waals surface area contributed by atoms with Crippen molar-refractivity contribution in [3.8, 4) is 0 Å². The highest BCUT2D eigenvalue weighted by Gasteiger charge is 2.24. The average Bonchev–Trinajstić information content (AvgIpc) is 3.11. The Bertz CT molecular complexity index is 629. The lowest BCUT2D eigenvalue weighted by atomic mass is 10.2. The van der Waals surface area contributed by atoms with Gasteiger partial charge in [0.25, 0.3) is 0 Å². The first kappa shape index (κ1) is 13.9. The van der Waals surface area contributed by atoms with Crippen LogP contribution in [0.2, 0.25) is 0 Å². The number of benzene rings is 1. The Hall–Kier alpha value is -1.05. The van der Waals surface area contributed by atoms with Crippen molar-refractivity contribution < 1.29 is 4.79 Å². The summed E-state index contributed by atoms with van der Waals surface area (Å²) in [6.07, 6.45) is 2.92. The summed E-state index contributed by atoms with van der Waals surface area (Å²) in [5.74, 6) is 0.554. The maximum atomic E-state index is 12.3. The molecule has 1 aromatic carbocycles. The third kappa shape index (κ3) is 2.84. The van der Waals surface area contributed by atoms with E-state index in [0.717, 1.165) is 27.3 Å². The summed E-state index contributed by atoms with van der Waals surface area (Å²) in [7, 11) is 0. The normalized spacial score (nSPS) is 13.6. The van der Waals surface area contributed by atoms with Crippen LogP contribution >= 0.6 is 34.9 Å². The van der Waals surface area contributed by atoms with E-state index in [1.165, 1.54) is 28.7 Å². The number of nitrogens with zero attached hydrogens (tertiary/aromatic N) is 3. The number of carbonyl (C=O) groups is 1. The molecule has 1 aliphatic rings. The number of thioether (sulfide) groups is 2. The monoisotopic (exact) mass is 323 g/mol. The Balaban J connectivity index is 1.63. The molecule has 2 aromatic rings. The van der Waals surface area contributed by atoms with Gasteiger partial charge in [-0.2, -0.15) is 0 Å². The lowest BCUT2D eigenvalue weighted by Gasteiger charge is -2.16. The van der Waals surface area contributed by atoms with E-state index in [4.69, 9.17) is 0 Å².